The number of esters is 1. The summed E-state index contributed by atoms with van der Waals surface area (Å²) in [5, 5.41) is 2.74. The topological polar surface area (TPSA) is 67.9 Å². The van der Waals surface area contributed by atoms with Crippen molar-refractivity contribution < 1.29 is 19.1 Å². The predicted molar refractivity (Wildman–Crippen MR) is 105 cm³/mol. The number of amides is 1. The molecule has 0 aliphatic carbocycles. The Morgan fingerprint density at radius 1 is 1.00 bits per heavy atom. The van der Waals surface area contributed by atoms with Crippen LogP contribution in [0.2, 0.25) is 0 Å². The van der Waals surface area contributed by atoms with Gasteiger partial charge in [-0.15, -0.1) is 0 Å². The van der Waals surface area contributed by atoms with E-state index in [9.17, 15) is 9.59 Å². The van der Waals surface area contributed by atoms with Gasteiger partial charge < -0.3 is 19.7 Å². The first kappa shape index (κ1) is 20.3. The van der Waals surface area contributed by atoms with Gasteiger partial charge in [-0.3, -0.25) is 9.59 Å². The summed E-state index contributed by atoms with van der Waals surface area (Å²) in [7, 11) is 3.94. The molecule has 0 aliphatic heterocycles. The Hall–Kier alpha value is -3.02. The average molecular weight is 370 g/mol. The number of anilines is 1. The standard InChI is InChI=1S/C21H26N2O4/c1-23(2)18-12-10-17(11-13-18)15-22-20(24)16-27-21(25)9-6-14-26-19-7-4-3-5-8-19/h3-5,7-8,10-13H,6,9,14-16H2,1-2H3,(H,22,24). The van der Waals surface area contributed by atoms with E-state index in [0.29, 0.717) is 19.6 Å². The molecule has 0 spiro atoms. The van der Waals surface area contributed by atoms with Crippen molar-refractivity contribution in [3.63, 3.8) is 0 Å². The van der Waals surface area contributed by atoms with Crippen LogP contribution in [0, 0.1) is 0 Å². The van der Waals surface area contributed by atoms with Crippen LogP contribution >= 0.6 is 0 Å². The van der Waals surface area contributed by atoms with E-state index in [1.165, 1.54) is 0 Å². The first-order valence-electron chi connectivity index (χ1n) is 8.91. The van der Waals surface area contributed by atoms with Gasteiger partial charge in [0.15, 0.2) is 6.61 Å². The minimum absolute atomic E-state index is 0.214. The minimum atomic E-state index is -0.405. The highest BCUT2D eigenvalue weighted by atomic mass is 16.5. The molecule has 0 aliphatic rings. The van der Waals surface area contributed by atoms with Gasteiger partial charge in [0.1, 0.15) is 5.75 Å². The van der Waals surface area contributed by atoms with Crippen molar-refractivity contribution in [1.82, 2.24) is 5.32 Å². The van der Waals surface area contributed by atoms with Crippen molar-refractivity contribution in [2.75, 3.05) is 32.2 Å². The highest BCUT2D eigenvalue weighted by Crippen LogP contribution is 2.12. The fraction of sp³-hybridized carbons (Fsp3) is 0.333. The summed E-state index contributed by atoms with van der Waals surface area (Å²) >= 11 is 0. The second kappa shape index (κ2) is 10.9. The monoisotopic (exact) mass is 370 g/mol. The third kappa shape index (κ3) is 7.81. The lowest BCUT2D eigenvalue weighted by molar-refractivity contribution is -0.148. The Bertz CT molecular complexity index is 715. The molecule has 0 bridgehead atoms. The van der Waals surface area contributed by atoms with E-state index < -0.39 is 5.97 Å². The Balaban J connectivity index is 1.57. The van der Waals surface area contributed by atoms with Crippen LogP contribution in [0.4, 0.5) is 5.69 Å². The molecule has 27 heavy (non-hydrogen) atoms. The Morgan fingerprint density at radius 2 is 1.70 bits per heavy atom. The highest BCUT2D eigenvalue weighted by molar-refractivity contribution is 5.80. The smallest absolute Gasteiger partial charge is 0.306 e. The molecule has 2 aromatic rings. The van der Waals surface area contributed by atoms with Crippen LogP contribution in [0.5, 0.6) is 5.75 Å². The fourth-order valence-corrected chi connectivity index (χ4v) is 2.31. The third-order valence-corrected chi connectivity index (χ3v) is 3.84. The van der Waals surface area contributed by atoms with Crippen LogP contribution in [0.3, 0.4) is 0 Å². The molecule has 0 fully saturated rings. The van der Waals surface area contributed by atoms with Crippen LogP contribution in [0.25, 0.3) is 0 Å². The molecule has 0 heterocycles. The van der Waals surface area contributed by atoms with Crippen LogP contribution in [-0.4, -0.2) is 39.2 Å². The van der Waals surface area contributed by atoms with Gasteiger partial charge in [0.05, 0.1) is 6.61 Å². The van der Waals surface area contributed by atoms with Crippen molar-refractivity contribution in [3.8, 4) is 5.75 Å². The van der Waals surface area contributed by atoms with Gasteiger partial charge in [-0.2, -0.15) is 0 Å². The maximum Gasteiger partial charge on any atom is 0.306 e. The molecule has 2 rings (SSSR count). The molecule has 0 unspecified atom stereocenters. The largest absolute Gasteiger partial charge is 0.494 e. The van der Waals surface area contributed by atoms with Gasteiger partial charge in [0.25, 0.3) is 5.91 Å². The van der Waals surface area contributed by atoms with E-state index in [1.54, 1.807) is 0 Å². The van der Waals surface area contributed by atoms with Gasteiger partial charge in [-0.05, 0) is 36.2 Å². The Morgan fingerprint density at radius 3 is 2.37 bits per heavy atom. The maximum atomic E-state index is 11.8. The zero-order valence-corrected chi connectivity index (χ0v) is 15.8. The van der Waals surface area contributed by atoms with Gasteiger partial charge in [0, 0.05) is 32.7 Å². The lowest BCUT2D eigenvalue weighted by atomic mass is 10.2. The van der Waals surface area contributed by atoms with E-state index >= 15 is 0 Å². The van der Waals surface area contributed by atoms with Crippen molar-refractivity contribution in [3.05, 3.63) is 60.2 Å². The lowest BCUT2D eigenvalue weighted by Gasteiger charge is -2.13. The molecular weight excluding hydrogens is 344 g/mol. The third-order valence-electron chi connectivity index (χ3n) is 3.84. The number of nitrogens with one attached hydrogen (secondary N) is 1. The van der Waals surface area contributed by atoms with Gasteiger partial charge >= 0.3 is 5.97 Å². The zero-order valence-electron chi connectivity index (χ0n) is 15.8. The van der Waals surface area contributed by atoms with Crippen molar-refractivity contribution >= 4 is 17.6 Å². The molecule has 1 amide bonds. The number of benzene rings is 2. The van der Waals surface area contributed by atoms with Gasteiger partial charge in [-0.1, -0.05) is 30.3 Å². The van der Waals surface area contributed by atoms with E-state index in [-0.39, 0.29) is 18.9 Å². The molecule has 1 N–H and O–H groups in total. The molecule has 0 atom stereocenters. The normalized spacial score (nSPS) is 10.1. The van der Waals surface area contributed by atoms with Gasteiger partial charge in [-0.25, -0.2) is 0 Å². The van der Waals surface area contributed by atoms with Crippen molar-refractivity contribution in [2.45, 2.75) is 19.4 Å². The summed E-state index contributed by atoms with van der Waals surface area (Å²) in [5.74, 6) is 0.0431. The second-order valence-electron chi connectivity index (χ2n) is 6.26. The summed E-state index contributed by atoms with van der Waals surface area (Å²) in [6.45, 7) is 0.553. The first-order valence-corrected chi connectivity index (χ1v) is 8.91. The van der Waals surface area contributed by atoms with E-state index in [4.69, 9.17) is 9.47 Å². The summed E-state index contributed by atoms with van der Waals surface area (Å²) in [6, 6.07) is 17.3. The molecule has 0 radical (unpaired) electrons. The van der Waals surface area contributed by atoms with Crippen molar-refractivity contribution in [1.29, 1.82) is 0 Å². The Kier molecular flexibility index (Phi) is 8.16. The summed E-state index contributed by atoms with van der Waals surface area (Å²) < 4.78 is 10.5. The van der Waals surface area contributed by atoms with Crippen LogP contribution in [0.1, 0.15) is 18.4 Å². The van der Waals surface area contributed by atoms with Crippen LogP contribution in [0.15, 0.2) is 54.6 Å². The maximum absolute atomic E-state index is 11.8. The highest BCUT2D eigenvalue weighted by Gasteiger charge is 2.08. The molecule has 144 valence electrons. The molecular formula is C21H26N2O4. The van der Waals surface area contributed by atoms with Gasteiger partial charge in [0.2, 0.25) is 0 Å². The van der Waals surface area contributed by atoms with E-state index in [1.807, 2.05) is 73.6 Å². The molecule has 0 saturated carbocycles. The predicted octanol–water partition coefficient (Wildman–Crippen LogP) is 2.77. The summed E-state index contributed by atoms with van der Waals surface area (Å²) in [5.41, 5.74) is 2.08. The second-order valence-corrected chi connectivity index (χ2v) is 6.26. The van der Waals surface area contributed by atoms with Crippen molar-refractivity contribution in [2.24, 2.45) is 0 Å². The number of hydrogen-bond donors (Lipinski definition) is 1. The number of para-hydroxylation sites is 1. The summed E-state index contributed by atoms with van der Waals surface area (Å²) in [6.07, 6.45) is 0.750. The SMILES string of the molecule is CN(C)c1ccc(CNC(=O)COC(=O)CCCOc2ccccc2)cc1. The number of ether oxygens (including phenoxy) is 2. The number of carbonyl (C=O) groups excluding carboxylic acids is 2. The van der Waals surface area contributed by atoms with Crippen LogP contribution in [-0.2, 0) is 20.9 Å². The Labute approximate surface area is 160 Å². The molecule has 6 nitrogen and oxygen atoms in total. The molecule has 0 saturated heterocycles. The fourth-order valence-electron chi connectivity index (χ4n) is 2.31. The quantitative estimate of drug-likeness (QED) is 0.514. The number of nitrogens with zero attached hydrogens (tertiary/aromatic N) is 1. The molecule has 6 heteroatoms. The number of carbonyl (C=O) groups is 2. The van der Waals surface area contributed by atoms with E-state index in [2.05, 4.69) is 5.32 Å². The number of rotatable bonds is 10. The first-order chi connectivity index (χ1) is 13.0. The number of hydrogen-bond acceptors (Lipinski definition) is 5. The summed E-state index contributed by atoms with van der Waals surface area (Å²) in [4.78, 5) is 25.5. The minimum Gasteiger partial charge on any atom is -0.494 e. The lowest BCUT2D eigenvalue weighted by Crippen LogP contribution is -2.28. The van der Waals surface area contributed by atoms with E-state index in [0.717, 1.165) is 17.0 Å². The van der Waals surface area contributed by atoms with Crippen LogP contribution < -0.4 is 15.0 Å². The zero-order chi connectivity index (χ0) is 19.5. The molecule has 2 aromatic carbocycles. The molecule has 0 aromatic heterocycles. The average Bonchev–Trinajstić information content (AvgIpc) is 2.69.